The Kier molecular flexibility index (Phi) is 5.07. The van der Waals surface area contributed by atoms with E-state index in [1.165, 1.54) is 0 Å². The summed E-state index contributed by atoms with van der Waals surface area (Å²) >= 11 is 0. The molecule has 29 heavy (non-hydrogen) atoms. The van der Waals surface area contributed by atoms with Gasteiger partial charge in [0.25, 0.3) is 5.91 Å². The number of rotatable bonds is 5. The number of ether oxygens (including phenoxy) is 2. The molecule has 2 aromatic heterocycles. The van der Waals surface area contributed by atoms with Crippen molar-refractivity contribution in [2.45, 2.75) is 0 Å². The van der Waals surface area contributed by atoms with Crippen LogP contribution < -0.4 is 14.8 Å². The molecule has 1 amide bonds. The number of anilines is 1. The molecule has 0 aliphatic rings. The number of para-hydroxylation sites is 1. The first-order chi connectivity index (χ1) is 14.2. The molecule has 2 heterocycles. The maximum Gasteiger partial charge on any atom is 0.256 e. The summed E-state index contributed by atoms with van der Waals surface area (Å²) in [4.78, 5) is 22.2. The molecular weight excluding hydrogens is 366 g/mol. The van der Waals surface area contributed by atoms with Crippen LogP contribution in [-0.2, 0) is 0 Å². The van der Waals surface area contributed by atoms with E-state index in [0.29, 0.717) is 34.1 Å². The molecule has 0 radical (unpaired) electrons. The van der Waals surface area contributed by atoms with E-state index in [1.807, 2.05) is 42.5 Å². The van der Waals surface area contributed by atoms with Crippen LogP contribution >= 0.6 is 0 Å². The SMILES string of the molecule is COc1ccc(NC(=O)c2cc(-c3ccccn3)nc3ccccc23)cc1OC. The number of hydrogen-bond acceptors (Lipinski definition) is 5. The van der Waals surface area contributed by atoms with Gasteiger partial charge in [0, 0.05) is 23.3 Å². The first-order valence-corrected chi connectivity index (χ1v) is 9.04. The van der Waals surface area contributed by atoms with Crippen LogP contribution in [-0.4, -0.2) is 30.1 Å². The summed E-state index contributed by atoms with van der Waals surface area (Å²) in [5.41, 5.74) is 3.20. The zero-order chi connectivity index (χ0) is 20.2. The summed E-state index contributed by atoms with van der Waals surface area (Å²) in [6.07, 6.45) is 1.70. The quantitative estimate of drug-likeness (QED) is 0.545. The van der Waals surface area contributed by atoms with Gasteiger partial charge in [0.1, 0.15) is 0 Å². The normalized spacial score (nSPS) is 10.6. The van der Waals surface area contributed by atoms with Gasteiger partial charge in [0.15, 0.2) is 11.5 Å². The number of fused-ring (bicyclic) bond motifs is 1. The second-order valence-electron chi connectivity index (χ2n) is 6.31. The Bertz CT molecular complexity index is 1180. The van der Waals surface area contributed by atoms with Crippen LogP contribution in [0.2, 0.25) is 0 Å². The topological polar surface area (TPSA) is 73.3 Å². The third-order valence-electron chi connectivity index (χ3n) is 4.53. The standard InChI is InChI=1S/C23H19N3O3/c1-28-21-11-10-15(13-22(21)29-2)25-23(27)17-14-20(19-9-5-6-12-24-19)26-18-8-4-3-7-16(17)18/h3-14H,1-2H3,(H,25,27). The van der Waals surface area contributed by atoms with E-state index in [2.05, 4.69) is 15.3 Å². The molecule has 4 rings (SSSR count). The van der Waals surface area contributed by atoms with Gasteiger partial charge in [-0.3, -0.25) is 9.78 Å². The highest BCUT2D eigenvalue weighted by atomic mass is 16.5. The van der Waals surface area contributed by atoms with Crippen molar-refractivity contribution >= 4 is 22.5 Å². The molecule has 0 aliphatic carbocycles. The third-order valence-corrected chi connectivity index (χ3v) is 4.53. The minimum absolute atomic E-state index is 0.243. The lowest BCUT2D eigenvalue weighted by atomic mass is 10.1. The number of amides is 1. The van der Waals surface area contributed by atoms with Crippen LogP contribution in [0.25, 0.3) is 22.3 Å². The van der Waals surface area contributed by atoms with Gasteiger partial charge in [-0.05, 0) is 36.4 Å². The minimum Gasteiger partial charge on any atom is -0.493 e. The Morgan fingerprint density at radius 3 is 2.41 bits per heavy atom. The van der Waals surface area contributed by atoms with Crippen molar-refractivity contribution in [2.75, 3.05) is 19.5 Å². The second-order valence-corrected chi connectivity index (χ2v) is 6.31. The van der Waals surface area contributed by atoms with Crippen molar-refractivity contribution in [2.24, 2.45) is 0 Å². The van der Waals surface area contributed by atoms with Gasteiger partial charge in [-0.1, -0.05) is 24.3 Å². The molecular formula is C23H19N3O3. The molecule has 0 fully saturated rings. The molecule has 0 saturated carbocycles. The van der Waals surface area contributed by atoms with Gasteiger partial charge in [0.2, 0.25) is 0 Å². The molecule has 0 saturated heterocycles. The van der Waals surface area contributed by atoms with E-state index < -0.39 is 0 Å². The molecule has 0 atom stereocenters. The van der Waals surface area contributed by atoms with E-state index in [0.717, 1.165) is 10.9 Å². The van der Waals surface area contributed by atoms with Gasteiger partial charge in [0.05, 0.1) is 36.7 Å². The van der Waals surface area contributed by atoms with Crippen molar-refractivity contribution < 1.29 is 14.3 Å². The Balaban J connectivity index is 1.75. The second kappa shape index (κ2) is 7.98. The van der Waals surface area contributed by atoms with Gasteiger partial charge in [-0.15, -0.1) is 0 Å². The van der Waals surface area contributed by atoms with Gasteiger partial charge in [-0.2, -0.15) is 0 Å². The number of aromatic nitrogens is 2. The third kappa shape index (κ3) is 3.73. The molecule has 1 N–H and O–H groups in total. The van der Waals surface area contributed by atoms with Crippen LogP contribution in [0.3, 0.4) is 0 Å². The van der Waals surface area contributed by atoms with E-state index in [-0.39, 0.29) is 5.91 Å². The highest BCUT2D eigenvalue weighted by Gasteiger charge is 2.15. The summed E-state index contributed by atoms with van der Waals surface area (Å²) in [6.45, 7) is 0. The molecule has 6 nitrogen and oxygen atoms in total. The zero-order valence-electron chi connectivity index (χ0n) is 16.0. The van der Waals surface area contributed by atoms with E-state index in [9.17, 15) is 4.79 Å². The first kappa shape index (κ1) is 18.4. The average molecular weight is 385 g/mol. The van der Waals surface area contributed by atoms with Gasteiger partial charge >= 0.3 is 0 Å². The number of carbonyl (C=O) groups excluding carboxylic acids is 1. The Hall–Kier alpha value is -3.93. The molecule has 0 spiro atoms. The lowest BCUT2D eigenvalue weighted by Crippen LogP contribution is -2.13. The monoisotopic (exact) mass is 385 g/mol. The van der Waals surface area contributed by atoms with E-state index >= 15 is 0 Å². The molecule has 0 aliphatic heterocycles. The Morgan fingerprint density at radius 1 is 0.862 bits per heavy atom. The largest absolute Gasteiger partial charge is 0.493 e. The Labute approximate surface area is 168 Å². The lowest BCUT2D eigenvalue weighted by Gasteiger charge is -2.12. The highest BCUT2D eigenvalue weighted by Crippen LogP contribution is 2.30. The van der Waals surface area contributed by atoms with E-state index in [1.54, 1.807) is 44.7 Å². The molecule has 0 bridgehead atoms. The molecule has 6 heteroatoms. The zero-order valence-corrected chi connectivity index (χ0v) is 16.0. The number of nitrogens with one attached hydrogen (secondary N) is 1. The average Bonchev–Trinajstić information content (AvgIpc) is 2.78. The van der Waals surface area contributed by atoms with Crippen LogP contribution in [0.5, 0.6) is 11.5 Å². The van der Waals surface area contributed by atoms with Crippen molar-refractivity contribution in [3.63, 3.8) is 0 Å². The lowest BCUT2D eigenvalue weighted by molar-refractivity contribution is 0.102. The number of carbonyl (C=O) groups is 1. The summed E-state index contributed by atoms with van der Waals surface area (Å²) < 4.78 is 10.6. The maximum absolute atomic E-state index is 13.1. The van der Waals surface area contributed by atoms with Crippen molar-refractivity contribution in [3.8, 4) is 22.9 Å². The van der Waals surface area contributed by atoms with Gasteiger partial charge in [-0.25, -0.2) is 4.98 Å². The highest BCUT2D eigenvalue weighted by molar-refractivity contribution is 6.13. The Morgan fingerprint density at radius 2 is 1.66 bits per heavy atom. The van der Waals surface area contributed by atoms with Crippen molar-refractivity contribution in [3.05, 3.63) is 78.5 Å². The summed E-state index contributed by atoms with van der Waals surface area (Å²) in [5.74, 6) is 0.893. The van der Waals surface area contributed by atoms with E-state index in [4.69, 9.17) is 9.47 Å². The minimum atomic E-state index is -0.243. The maximum atomic E-state index is 13.1. The van der Waals surface area contributed by atoms with Crippen LogP contribution in [0.15, 0.2) is 72.9 Å². The number of hydrogen-bond donors (Lipinski definition) is 1. The first-order valence-electron chi connectivity index (χ1n) is 9.04. The fourth-order valence-electron chi connectivity index (χ4n) is 3.12. The van der Waals surface area contributed by atoms with Crippen LogP contribution in [0.4, 0.5) is 5.69 Å². The molecule has 144 valence electrons. The molecule has 4 aromatic rings. The van der Waals surface area contributed by atoms with Gasteiger partial charge < -0.3 is 14.8 Å². The number of pyridine rings is 2. The fourth-order valence-corrected chi connectivity index (χ4v) is 3.12. The number of methoxy groups -OCH3 is 2. The summed E-state index contributed by atoms with van der Waals surface area (Å²) in [6, 6.07) is 20.2. The van der Waals surface area contributed by atoms with Crippen LogP contribution in [0.1, 0.15) is 10.4 Å². The summed E-state index contributed by atoms with van der Waals surface area (Å²) in [5, 5.41) is 3.70. The summed E-state index contributed by atoms with van der Waals surface area (Å²) in [7, 11) is 3.12. The molecule has 2 aromatic carbocycles. The predicted octanol–water partition coefficient (Wildman–Crippen LogP) is 4.57. The smallest absolute Gasteiger partial charge is 0.256 e. The van der Waals surface area contributed by atoms with Crippen LogP contribution in [0, 0.1) is 0 Å². The number of benzene rings is 2. The predicted molar refractivity (Wildman–Crippen MR) is 112 cm³/mol. The number of nitrogens with zero attached hydrogens (tertiary/aromatic N) is 2. The van der Waals surface area contributed by atoms with Crippen molar-refractivity contribution in [1.82, 2.24) is 9.97 Å². The van der Waals surface area contributed by atoms with Crippen molar-refractivity contribution in [1.29, 1.82) is 0 Å². The fraction of sp³-hybridized carbons (Fsp3) is 0.0870. The molecule has 0 unspecified atom stereocenters.